The van der Waals surface area contributed by atoms with Gasteiger partial charge in [0.05, 0.1) is 13.7 Å². The summed E-state index contributed by atoms with van der Waals surface area (Å²) in [6, 6.07) is 11.0. The smallest absolute Gasteiger partial charge is 0.351 e. The van der Waals surface area contributed by atoms with Crippen LogP contribution in [0, 0.1) is 13.8 Å². The highest BCUT2D eigenvalue weighted by Gasteiger charge is 2.21. The van der Waals surface area contributed by atoms with Crippen molar-refractivity contribution in [3.63, 3.8) is 0 Å². The Bertz CT molecular complexity index is 1060. The summed E-state index contributed by atoms with van der Waals surface area (Å²) in [6.45, 7) is 6.44. The summed E-state index contributed by atoms with van der Waals surface area (Å²) in [5.74, 6) is 0.0662. The lowest BCUT2D eigenvalue weighted by Gasteiger charge is -2.11. The summed E-state index contributed by atoms with van der Waals surface area (Å²) in [4.78, 5) is 25.0. The summed E-state index contributed by atoms with van der Waals surface area (Å²) in [5.41, 5.74) is 3.49. The number of methoxy groups -OCH3 is 1. The number of nitrogens with one attached hydrogen (secondary N) is 2. The maximum Gasteiger partial charge on any atom is 0.351 e. The number of esters is 1. The number of urea groups is 1. The van der Waals surface area contributed by atoms with Gasteiger partial charge in [0.1, 0.15) is 0 Å². The second-order valence-corrected chi connectivity index (χ2v) is 7.76. The molecule has 0 aliphatic rings. The fourth-order valence-corrected chi connectivity index (χ4v) is 4.01. The number of ether oxygens (including phenoxy) is 2. The van der Waals surface area contributed by atoms with Gasteiger partial charge >= 0.3 is 12.0 Å². The van der Waals surface area contributed by atoms with E-state index in [-0.39, 0.29) is 6.03 Å². The van der Waals surface area contributed by atoms with Gasteiger partial charge in [0.25, 0.3) is 0 Å². The molecule has 0 spiro atoms. The van der Waals surface area contributed by atoms with Gasteiger partial charge in [-0.1, -0.05) is 24.6 Å². The largest absolute Gasteiger partial charge is 0.491 e. The van der Waals surface area contributed by atoms with E-state index >= 15 is 0 Å². The molecule has 7 heteroatoms. The highest BCUT2D eigenvalue weighted by molar-refractivity contribution is 7.21. The lowest BCUT2D eigenvalue weighted by Crippen LogP contribution is -2.19. The number of thiophene rings is 1. The van der Waals surface area contributed by atoms with Gasteiger partial charge in [0, 0.05) is 21.5 Å². The molecule has 0 atom stereocenters. The Morgan fingerprint density at radius 2 is 1.86 bits per heavy atom. The lowest BCUT2D eigenvalue weighted by molar-refractivity contribution is 0.0602. The Labute approximate surface area is 173 Å². The number of hydrogen-bond acceptors (Lipinski definition) is 5. The fourth-order valence-electron chi connectivity index (χ4n) is 2.97. The van der Waals surface area contributed by atoms with Crippen LogP contribution in [0.25, 0.3) is 10.1 Å². The fraction of sp³-hybridized carbons (Fsp3) is 0.273. The molecule has 2 amide bonds. The number of rotatable bonds is 6. The van der Waals surface area contributed by atoms with Gasteiger partial charge in [0.2, 0.25) is 0 Å². The van der Waals surface area contributed by atoms with Crippen molar-refractivity contribution in [1.29, 1.82) is 0 Å². The van der Waals surface area contributed by atoms with Crippen molar-refractivity contribution in [2.45, 2.75) is 27.2 Å². The number of benzene rings is 2. The van der Waals surface area contributed by atoms with Crippen LogP contribution >= 0.6 is 11.3 Å². The normalized spacial score (nSPS) is 10.6. The van der Waals surface area contributed by atoms with E-state index in [1.165, 1.54) is 18.4 Å². The third-order valence-corrected chi connectivity index (χ3v) is 5.48. The van der Waals surface area contributed by atoms with Gasteiger partial charge < -0.3 is 20.1 Å². The first kappa shape index (κ1) is 20.7. The van der Waals surface area contributed by atoms with E-state index in [1.54, 1.807) is 6.07 Å². The van der Waals surface area contributed by atoms with E-state index in [1.807, 2.05) is 51.1 Å². The second kappa shape index (κ2) is 8.96. The van der Waals surface area contributed by atoms with Gasteiger partial charge in [-0.25, -0.2) is 9.59 Å². The first-order valence-corrected chi connectivity index (χ1v) is 10.2. The van der Waals surface area contributed by atoms with Gasteiger partial charge in [-0.2, -0.15) is 0 Å². The van der Waals surface area contributed by atoms with Crippen LogP contribution in [0.5, 0.6) is 5.75 Å². The minimum atomic E-state index is -0.431. The SMILES string of the molecule is CCCOc1c(C(=O)OC)sc2ccc(NC(=O)Nc3ccc(C)cc3C)cc12. The maximum atomic E-state index is 12.4. The van der Waals surface area contributed by atoms with Crippen molar-refractivity contribution in [1.82, 2.24) is 0 Å². The molecule has 1 aromatic heterocycles. The number of carbonyl (C=O) groups is 2. The Morgan fingerprint density at radius 3 is 2.55 bits per heavy atom. The third kappa shape index (κ3) is 4.68. The van der Waals surface area contributed by atoms with Crippen molar-refractivity contribution in [3.8, 4) is 5.75 Å². The molecule has 2 aromatic carbocycles. The summed E-state index contributed by atoms with van der Waals surface area (Å²) < 4.78 is 11.6. The molecule has 0 radical (unpaired) electrons. The van der Waals surface area contributed by atoms with E-state index < -0.39 is 5.97 Å². The van der Waals surface area contributed by atoms with Crippen LogP contribution in [-0.2, 0) is 4.74 Å². The number of aryl methyl sites for hydroxylation is 2. The average molecular weight is 413 g/mol. The monoisotopic (exact) mass is 412 g/mol. The highest BCUT2D eigenvalue weighted by atomic mass is 32.1. The number of fused-ring (bicyclic) bond motifs is 1. The Hall–Kier alpha value is -3.06. The zero-order valence-electron chi connectivity index (χ0n) is 16.9. The van der Waals surface area contributed by atoms with Crippen LogP contribution < -0.4 is 15.4 Å². The molecular weight excluding hydrogens is 388 g/mol. The number of carbonyl (C=O) groups excluding carboxylic acids is 2. The van der Waals surface area contributed by atoms with Crippen molar-refractivity contribution >= 4 is 44.8 Å². The molecule has 29 heavy (non-hydrogen) atoms. The first-order valence-electron chi connectivity index (χ1n) is 9.35. The third-order valence-electron chi connectivity index (χ3n) is 4.35. The standard InChI is InChI=1S/C22H24N2O4S/c1-5-10-28-19-16-12-15(7-9-18(16)29-20(19)21(25)27-4)23-22(26)24-17-8-6-13(2)11-14(17)3/h6-9,11-12H,5,10H2,1-4H3,(H2,23,24,26). The topological polar surface area (TPSA) is 76.7 Å². The van der Waals surface area contributed by atoms with Crippen LogP contribution in [-0.4, -0.2) is 25.7 Å². The summed E-state index contributed by atoms with van der Waals surface area (Å²) >= 11 is 1.31. The summed E-state index contributed by atoms with van der Waals surface area (Å²) in [7, 11) is 1.35. The van der Waals surface area contributed by atoms with E-state index in [9.17, 15) is 9.59 Å². The van der Waals surface area contributed by atoms with Crippen molar-refractivity contribution in [3.05, 3.63) is 52.4 Å². The van der Waals surface area contributed by atoms with Crippen LogP contribution in [0.2, 0.25) is 0 Å². The average Bonchev–Trinajstić information content (AvgIpc) is 3.05. The summed E-state index contributed by atoms with van der Waals surface area (Å²) in [6.07, 6.45) is 0.814. The molecule has 1 heterocycles. The molecule has 152 valence electrons. The van der Waals surface area contributed by atoms with E-state index in [0.29, 0.717) is 22.9 Å². The van der Waals surface area contributed by atoms with Gasteiger partial charge in [0.15, 0.2) is 10.6 Å². The van der Waals surface area contributed by atoms with Crippen molar-refractivity contribution < 1.29 is 19.1 Å². The van der Waals surface area contributed by atoms with Gasteiger partial charge in [-0.3, -0.25) is 0 Å². The zero-order valence-corrected chi connectivity index (χ0v) is 17.7. The van der Waals surface area contributed by atoms with Crippen LogP contribution in [0.3, 0.4) is 0 Å². The first-order chi connectivity index (χ1) is 13.9. The van der Waals surface area contributed by atoms with Crippen molar-refractivity contribution in [2.75, 3.05) is 24.4 Å². The van der Waals surface area contributed by atoms with Gasteiger partial charge in [-0.05, 0) is 50.1 Å². The lowest BCUT2D eigenvalue weighted by atomic mass is 10.1. The molecule has 6 nitrogen and oxygen atoms in total. The predicted molar refractivity (Wildman–Crippen MR) is 118 cm³/mol. The molecule has 0 saturated carbocycles. The minimum Gasteiger partial charge on any atom is -0.491 e. The van der Waals surface area contributed by atoms with Gasteiger partial charge in [-0.15, -0.1) is 11.3 Å². The molecule has 0 bridgehead atoms. The quantitative estimate of drug-likeness (QED) is 0.506. The van der Waals surface area contributed by atoms with Crippen LogP contribution in [0.4, 0.5) is 16.2 Å². The van der Waals surface area contributed by atoms with Crippen molar-refractivity contribution in [2.24, 2.45) is 0 Å². The molecule has 3 aromatic rings. The number of anilines is 2. The molecule has 3 rings (SSSR count). The molecule has 0 aliphatic carbocycles. The molecule has 0 aliphatic heterocycles. The Balaban J connectivity index is 1.86. The zero-order chi connectivity index (χ0) is 21.0. The van der Waals surface area contributed by atoms with E-state index in [0.717, 1.165) is 33.3 Å². The highest BCUT2D eigenvalue weighted by Crippen LogP contribution is 2.39. The minimum absolute atomic E-state index is 0.337. The molecule has 2 N–H and O–H groups in total. The molecular formula is C22H24N2O4S. The molecule has 0 fully saturated rings. The molecule has 0 saturated heterocycles. The Morgan fingerprint density at radius 1 is 1.07 bits per heavy atom. The van der Waals surface area contributed by atoms with E-state index in [2.05, 4.69) is 10.6 Å². The Kier molecular flexibility index (Phi) is 6.39. The second-order valence-electron chi connectivity index (χ2n) is 6.71. The number of hydrogen-bond donors (Lipinski definition) is 2. The maximum absolute atomic E-state index is 12.4. The van der Waals surface area contributed by atoms with E-state index in [4.69, 9.17) is 9.47 Å². The predicted octanol–water partition coefficient (Wildman–Crippen LogP) is 5.74. The summed E-state index contributed by atoms with van der Waals surface area (Å²) in [5, 5.41) is 6.48. The number of amides is 2. The van der Waals surface area contributed by atoms with Crippen LogP contribution in [0.15, 0.2) is 36.4 Å². The molecule has 0 unspecified atom stereocenters. The van der Waals surface area contributed by atoms with Crippen LogP contribution in [0.1, 0.15) is 34.1 Å².